The molecule has 144 valence electrons. The first-order chi connectivity index (χ1) is 14.2. The van der Waals surface area contributed by atoms with E-state index in [-0.39, 0.29) is 0 Å². The largest absolute Gasteiger partial charge is 0.461 e. The SMILES string of the molecule is C=C(c1ccccc1)n1cc(-c2ccccc2)c(C(=O)OCCc2cccs2)n1. The number of rotatable bonds is 7. The van der Waals surface area contributed by atoms with Crippen LogP contribution in [0.3, 0.4) is 0 Å². The normalized spacial score (nSPS) is 10.6. The van der Waals surface area contributed by atoms with Crippen molar-refractivity contribution in [2.75, 3.05) is 6.61 Å². The summed E-state index contributed by atoms with van der Waals surface area (Å²) in [7, 11) is 0. The van der Waals surface area contributed by atoms with Crippen LogP contribution in [-0.4, -0.2) is 22.4 Å². The van der Waals surface area contributed by atoms with Crippen LogP contribution in [0.4, 0.5) is 0 Å². The summed E-state index contributed by atoms with van der Waals surface area (Å²) in [6.07, 6.45) is 2.53. The van der Waals surface area contributed by atoms with Gasteiger partial charge in [-0.05, 0) is 22.6 Å². The van der Waals surface area contributed by atoms with Crippen LogP contribution in [0.5, 0.6) is 0 Å². The molecule has 4 nitrogen and oxygen atoms in total. The van der Waals surface area contributed by atoms with Crippen molar-refractivity contribution in [3.05, 3.63) is 107 Å². The maximum atomic E-state index is 12.8. The third-order valence-corrected chi connectivity index (χ3v) is 5.47. The average Bonchev–Trinajstić information content (AvgIpc) is 3.45. The van der Waals surface area contributed by atoms with Gasteiger partial charge in [-0.1, -0.05) is 73.3 Å². The van der Waals surface area contributed by atoms with Crippen molar-refractivity contribution in [2.24, 2.45) is 0 Å². The van der Waals surface area contributed by atoms with Gasteiger partial charge in [-0.25, -0.2) is 9.48 Å². The van der Waals surface area contributed by atoms with E-state index in [1.165, 1.54) is 4.88 Å². The van der Waals surface area contributed by atoms with Gasteiger partial charge in [0.15, 0.2) is 5.69 Å². The first-order valence-corrected chi connectivity index (χ1v) is 10.2. The van der Waals surface area contributed by atoms with Crippen LogP contribution in [0.15, 0.2) is 91.0 Å². The Labute approximate surface area is 173 Å². The molecule has 0 aliphatic carbocycles. The number of ether oxygens (including phenoxy) is 1. The molecule has 0 aliphatic rings. The van der Waals surface area contributed by atoms with E-state index in [0.717, 1.165) is 16.7 Å². The number of benzene rings is 2. The topological polar surface area (TPSA) is 44.1 Å². The van der Waals surface area contributed by atoms with Crippen LogP contribution in [0.2, 0.25) is 0 Å². The highest BCUT2D eigenvalue weighted by Gasteiger charge is 2.21. The van der Waals surface area contributed by atoms with E-state index < -0.39 is 5.97 Å². The number of hydrogen-bond acceptors (Lipinski definition) is 4. The molecule has 0 bridgehead atoms. The van der Waals surface area contributed by atoms with Crippen molar-refractivity contribution < 1.29 is 9.53 Å². The van der Waals surface area contributed by atoms with Gasteiger partial charge >= 0.3 is 5.97 Å². The minimum absolute atomic E-state index is 0.291. The van der Waals surface area contributed by atoms with Crippen molar-refractivity contribution in [1.82, 2.24) is 9.78 Å². The second kappa shape index (κ2) is 8.71. The van der Waals surface area contributed by atoms with Crippen molar-refractivity contribution in [3.8, 4) is 11.1 Å². The van der Waals surface area contributed by atoms with Gasteiger partial charge in [0.1, 0.15) is 0 Å². The predicted molar refractivity (Wildman–Crippen MR) is 117 cm³/mol. The molecule has 0 atom stereocenters. The maximum Gasteiger partial charge on any atom is 0.359 e. The molecule has 0 N–H and O–H groups in total. The lowest BCUT2D eigenvalue weighted by Gasteiger charge is -2.05. The van der Waals surface area contributed by atoms with Crippen LogP contribution >= 0.6 is 11.3 Å². The van der Waals surface area contributed by atoms with Crippen LogP contribution in [0.1, 0.15) is 20.9 Å². The molecule has 0 radical (unpaired) electrons. The molecule has 0 fully saturated rings. The summed E-state index contributed by atoms with van der Waals surface area (Å²) in [5, 5.41) is 6.54. The number of aromatic nitrogens is 2. The molecule has 0 spiro atoms. The van der Waals surface area contributed by atoms with Gasteiger partial charge in [0, 0.05) is 23.1 Å². The lowest BCUT2D eigenvalue weighted by Crippen LogP contribution is -2.10. The summed E-state index contributed by atoms with van der Waals surface area (Å²) in [5.74, 6) is -0.431. The summed E-state index contributed by atoms with van der Waals surface area (Å²) in [5.41, 5.74) is 3.56. The standard InChI is InChI=1S/C24H20N2O2S/c1-18(19-9-4-2-5-10-19)26-17-22(20-11-6-3-7-12-20)23(25-26)24(27)28-15-14-21-13-8-16-29-21/h2-13,16-17H,1,14-15H2. The molecular formula is C24H20N2O2S. The van der Waals surface area contributed by atoms with Crippen molar-refractivity contribution in [3.63, 3.8) is 0 Å². The van der Waals surface area contributed by atoms with Gasteiger partial charge in [-0.15, -0.1) is 11.3 Å². The lowest BCUT2D eigenvalue weighted by molar-refractivity contribution is 0.0503. The Morgan fingerprint density at radius 3 is 2.41 bits per heavy atom. The van der Waals surface area contributed by atoms with E-state index in [9.17, 15) is 4.79 Å². The van der Waals surface area contributed by atoms with Crippen molar-refractivity contribution in [1.29, 1.82) is 0 Å². The Kier molecular flexibility index (Phi) is 5.68. The fraction of sp³-hybridized carbons (Fsp3) is 0.0833. The quantitative estimate of drug-likeness (QED) is 0.383. The molecule has 29 heavy (non-hydrogen) atoms. The maximum absolute atomic E-state index is 12.8. The molecule has 2 aromatic heterocycles. The fourth-order valence-electron chi connectivity index (χ4n) is 3.02. The number of carbonyl (C=O) groups is 1. The Morgan fingerprint density at radius 2 is 1.72 bits per heavy atom. The Bertz CT molecular complexity index is 1100. The number of esters is 1. The molecule has 2 heterocycles. The molecule has 4 aromatic rings. The molecule has 0 aliphatic heterocycles. The van der Waals surface area contributed by atoms with Crippen molar-refractivity contribution >= 4 is 23.0 Å². The highest BCUT2D eigenvalue weighted by molar-refractivity contribution is 7.09. The second-order valence-corrected chi connectivity index (χ2v) is 7.51. The molecule has 0 amide bonds. The molecular weight excluding hydrogens is 380 g/mol. The van der Waals surface area contributed by atoms with Gasteiger partial charge in [0.2, 0.25) is 0 Å². The summed E-state index contributed by atoms with van der Waals surface area (Å²) in [4.78, 5) is 14.0. The first-order valence-electron chi connectivity index (χ1n) is 9.31. The van der Waals surface area contributed by atoms with Gasteiger partial charge in [0.25, 0.3) is 0 Å². The third kappa shape index (κ3) is 4.36. The lowest BCUT2D eigenvalue weighted by atomic mass is 10.1. The van der Waals surface area contributed by atoms with E-state index in [2.05, 4.69) is 11.7 Å². The Hall–Kier alpha value is -3.44. The zero-order valence-corrected chi connectivity index (χ0v) is 16.6. The molecule has 4 rings (SSSR count). The van der Waals surface area contributed by atoms with E-state index in [4.69, 9.17) is 4.74 Å². The fourth-order valence-corrected chi connectivity index (χ4v) is 3.71. The van der Waals surface area contributed by atoms with Gasteiger partial charge < -0.3 is 4.74 Å². The Balaban J connectivity index is 1.61. The summed E-state index contributed by atoms with van der Waals surface area (Å²) >= 11 is 1.65. The van der Waals surface area contributed by atoms with Crippen LogP contribution < -0.4 is 0 Å². The van der Waals surface area contributed by atoms with E-state index in [1.54, 1.807) is 16.0 Å². The summed E-state index contributed by atoms with van der Waals surface area (Å²) in [6.45, 7) is 4.47. The molecule has 0 saturated heterocycles. The zero-order valence-electron chi connectivity index (χ0n) is 15.8. The average molecular weight is 401 g/mol. The van der Waals surface area contributed by atoms with Gasteiger partial charge in [-0.2, -0.15) is 5.10 Å². The van der Waals surface area contributed by atoms with E-state index in [1.807, 2.05) is 84.4 Å². The molecule has 2 aromatic carbocycles. The number of hydrogen-bond donors (Lipinski definition) is 0. The number of carbonyl (C=O) groups excluding carboxylic acids is 1. The minimum Gasteiger partial charge on any atom is -0.461 e. The molecule has 0 saturated carbocycles. The van der Waals surface area contributed by atoms with Crippen LogP contribution in [0.25, 0.3) is 16.8 Å². The smallest absolute Gasteiger partial charge is 0.359 e. The van der Waals surface area contributed by atoms with Crippen LogP contribution in [-0.2, 0) is 11.2 Å². The van der Waals surface area contributed by atoms with Crippen molar-refractivity contribution in [2.45, 2.75) is 6.42 Å². The van der Waals surface area contributed by atoms with Crippen LogP contribution in [0, 0.1) is 0 Å². The summed E-state index contributed by atoms with van der Waals surface area (Å²) < 4.78 is 7.17. The van der Waals surface area contributed by atoms with Gasteiger partial charge in [0.05, 0.1) is 12.3 Å². The summed E-state index contributed by atoms with van der Waals surface area (Å²) in [6, 6.07) is 23.5. The predicted octanol–water partition coefficient (Wildman–Crippen LogP) is 5.53. The van der Waals surface area contributed by atoms with E-state index >= 15 is 0 Å². The zero-order chi connectivity index (χ0) is 20.1. The second-order valence-electron chi connectivity index (χ2n) is 6.48. The highest BCUT2D eigenvalue weighted by Crippen LogP contribution is 2.26. The molecule has 5 heteroatoms. The third-order valence-electron chi connectivity index (χ3n) is 4.54. The Morgan fingerprint density at radius 1 is 1.00 bits per heavy atom. The van der Waals surface area contributed by atoms with E-state index in [0.29, 0.717) is 24.4 Å². The minimum atomic E-state index is -0.431. The number of thiophene rings is 1. The molecule has 0 unspecified atom stereocenters. The first kappa shape index (κ1) is 18.9. The highest BCUT2D eigenvalue weighted by atomic mass is 32.1. The number of nitrogens with zero attached hydrogens (tertiary/aromatic N) is 2. The van der Waals surface area contributed by atoms with Gasteiger partial charge in [-0.3, -0.25) is 0 Å². The monoisotopic (exact) mass is 400 g/mol.